The van der Waals surface area contributed by atoms with Crippen LogP contribution in [-0.4, -0.2) is 0 Å². The molecular weight excluding hydrogens is 168 g/mol. The Morgan fingerprint density at radius 2 is 1.36 bits per heavy atom. The Hall–Kier alpha value is -0.780. The summed E-state index contributed by atoms with van der Waals surface area (Å²) in [5.74, 6) is 0. The van der Waals surface area contributed by atoms with Crippen molar-refractivity contribution in [3.63, 3.8) is 0 Å². The lowest BCUT2D eigenvalue weighted by Crippen LogP contribution is -1.96. The first-order chi connectivity index (χ1) is 6.69. The second-order valence-corrected chi connectivity index (χ2v) is 4.21. The van der Waals surface area contributed by atoms with Gasteiger partial charge in [-0.3, -0.25) is 0 Å². The summed E-state index contributed by atoms with van der Waals surface area (Å²) >= 11 is 0. The number of rotatable bonds is 4. The Morgan fingerprint density at radius 1 is 0.857 bits per heavy atom. The number of hydrogen-bond acceptors (Lipinski definition) is 0. The predicted octanol–water partition coefficient (Wildman–Crippen LogP) is 4.21. The summed E-state index contributed by atoms with van der Waals surface area (Å²) in [7, 11) is 0. The first-order valence-electron chi connectivity index (χ1n) is 5.78. The molecule has 0 N–H and O–H groups in total. The summed E-state index contributed by atoms with van der Waals surface area (Å²) in [6.45, 7) is 8.98. The largest absolute Gasteiger partial charge is 0.0651 e. The van der Waals surface area contributed by atoms with Crippen molar-refractivity contribution in [2.24, 2.45) is 0 Å². The fourth-order valence-electron chi connectivity index (χ4n) is 2.16. The highest BCUT2D eigenvalue weighted by Crippen LogP contribution is 2.19. The summed E-state index contributed by atoms with van der Waals surface area (Å²) < 4.78 is 0. The monoisotopic (exact) mass is 190 g/mol. The lowest BCUT2D eigenvalue weighted by Gasteiger charge is -2.11. The Bertz CT molecular complexity index is 274. The molecule has 0 heteroatoms. The molecule has 0 aromatic heterocycles. The van der Waals surface area contributed by atoms with Crippen molar-refractivity contribution in [3.8, 4) is 0 Å². The SMILES string of the molecule is CCCc1cc(C)c(CCC)c(C)c1. The first-order valence-corrected chi connectivity index (χ1v) is 5.78. The maximum Gasteiger partial charge on any atom is -0.0276 e. The molecule has 78 valence electrons. The van der Waals surface area contributed by atoms with E-state index in [2.05, 4.69) is 39.8 Å². The van der Waals surface area contributed by atoms with E-state index in [1.165, 1.54) is 42.4 Å². The second kappa shape index (κ2) is 5.19. The Labute approximate surface area is 88.4 Å². The number of aryl methyl sites for hydroxylation is 3. The second-order valence-electron chi connectivity index (χ2n) is 4.21. The van der Waals surface area contributed by atoms with E-state index in [-0.39, 0.29) is 0 Å². The third-order valence-electron chi connectivity index (χ3n) is 2.79. The molecular formula is C14H22. The lowest BCUT2D eigenvalue weighted by molar-refractivity contribution is 0.886. The molecule has 0 aliphatic heterocycles. The minimum Gasteiger partial charge on any atom is -0.0651 e. The summed E-state index contributed by atoms with van der Waals surface area (Å²) in [6, 6.07) is 4.73. The van der Waals surface area contributed by atoms with Crippen LogP contribution < -0.4 is 0 Å². The van der Waals surface area contributed by atoms with Crippen molar-refractivity contribution >= 4 is 0 Å². The van der Waals surface area contributed by atoms with Gasteiger partial charge in [0.15, 0.2) is 0 Å². The van der Waals surface area contributed by atoms with Gasteiger partial charge < -0.3 is 0 Å². The van der Waals surface area contributed by atoms with Crippen LogP contribution in [0.3, 0.4) is 0 Å². The zero-order chi connectivity index (χ0) is 10.6. The van der Waals surface area contributed by atoms with E-state index in [0.29, 0.717) is 0 Å². The molecule has 0 atom stereocenters. The average Bonchev–Trinajstić information content (AvgIpc) is 2.12. The first kappa shape index (κ1) is 11.3. The molecule has 0 saturated carbocycles. The standard InChI is InChI=1S/C14H22/c1-5-7-13-9-11(3)14(8-6-2)12(4)10-13/h9-10H,5-8H2,1-4H3. The molecule has 0 amide bonds. The molecule has 0 nitrogen and oxygen atoms in total. The van der Waals surface area contributed by atoms with Gasteiger partial charge in [0, 0.05) is 0 Å². The van der Waals surface area contributed by atoms with E-state index >= 15 is 0 Å². The molecule has 0 aliphatic carbocycles. The van der Waals surface area contributed by atoms with Gasteiger partial charge >= 0.3 is 0 Å². The van der Waals surface area contributed by atoms with Crippen LogP contribution in [0.1, 0.15) is 48.9 Å². The van der Waals surface area contributed by atoms with E-state index in [1.807, 2.05) is 0 Å². The van der Waals surface area contributed by atoms with Crippen molar-refractivity contribution in [2.75, 3.05) is 0 Å². The molecule has 0 radical (unpaired) electrons. The smallest absolute Gasteiger partial charge is 0.0276 e. The zero-order valence-electron chi connectivity index (χ0n) is 9.98. The van der Waals surface area contributed by atoms with E-state index < -0.39 is 0 Å². The van der Waals surface area contributed by atoms with Crippen molar-refractivity contribution in [2.45, 2.75) is 53.4 Å². The lowest BCUT2D eigenvalue weighted by atomic mass is 9.95. The van der Waals surface area contributed by atoms with Gasteiger partial charge in [0.1, 0.15) is 0 Å². The van der Waals surface area contributed by atoms with Gasteiger partial charge in [0.2, 0.25) is 0 Å². The predicted molar refractivity (Wildman–Crippen MR) is 63.9 cm³/mol. The maximum absolute atomic E-state index is 2.36. The summed E-state index contributed by atoms with van der Waals surface area (Å²) in [4.78, 5) is 0. The molecule has 0 spiro atoms. The van der Waals surface area contributed by atoms with E-state index in [4.69, 9.17) is 0 Å². The van der Waals surface area contributed by atoms with Crippen LogP contribution in [0, 0.1) is 13.8 Å². The zero-order valence-corrected chi connectivity index (χ0v) is 9.98. The van der Waals surface area contributed by atoms with Crippen LogP contribution >= 0.6 is 0 Å². The van der Waals surface area contributed by atoms with Gasteiger partial charge in [-0.05, 0) is 48.9 Å². The minimum atomic E-state index is 1.22. The van der Waals surface area contributed by atoms with Crippen LogP contribution in [0.4, 0.5) is 0 Å². The fraction of sp³-hybridized carbons (Fsp3) is 0.571. The topological polar surface area (TPSA) is 0 Å². The molecule has 0 aliphatic rings. The van der Waals surface area contributed by atoms with Crippen molar-refractivity contribution in [3.05, 3.63) is 34.4 Å². The molecule has 14 heavy (non-hydrogen) atoms. The van der Waals surface area contributed by atoms with Gasteiger partial charge in [0.25, 0.3) is 0 Å². The maximum atomic E-state index is 2.36. The third kappa shape index (κ3) is 2.60. The minimum absolute atomic E-state index is 1.22. The van der Waals surface area contributed by atoms with E-state index in [1.54, 1.807) is 5.56 Å². The van der Waals surface area contributed by atoms with Crippen molar-refractivity contribution < 1.29 is 0 Å². The molecule has 0 bridgehead atoms. The number of hydrogen-bond donors (Lipinski definition) is 0. The quantitative estimate of drug-likeness (QED) is 0.667. The molecule has 0 heterocycles. The van der Waals surface area contributed by atoms with Crippen molar-refractivity contribution in [1.82, 2.24) is 0 Å². The molecule has 1 rings (SSSR count). The molecule has 1 aromatic rings. The van der Waals surface area contributed by atoms with E-state index in [0.717, 1.165) is 0 Å². The Morgan fingerprint density at radius 3 is 1.79 bits per heavy atom. The number of benzene rings is 1. The van der Waals surface area contributed by atoms with Gasteiger partial charge in [-0.2, -0.15) is 0 Å². The normalized spacial score (nSPS) is 10.6. The summed E-state index contributed by atoms with van der Waals surface area (Å²) in [6.07, 6.45) is 4.93. The Kier molecular flexibility index (Phi) is 4.19. The Balaban J connectivity index is 2.98. The third-order valence-corrected chi connectivity index (χ3v) is 2.79. The molecule has 1 aromatic carbocycles. The van der Waals surface area contributed by atoms with Crippen LogP contribution in [0.25, 0.3) is 0 Å². The summed E-state index contributed by atoms with van der Waals surface area (Å²) in [5, 5.41) is 0. The van der Waals surface area contributed by atoms with Crippen LogP contribution in [0.15, 0.2) is 12.1 Å². The van der Waals surface area contributed by atoms with Gasteiger partial charge in [-0.15, -0.1) is 0 Å². The fourth-order valence-corrected chi connectivity index (χ4v) is 2.16. The van der Waals surface area contributed by atoms with Crippen LogP contribution in [0.5, 0.6) is 0 Å². The van der Waals surface area contributed by atoms with Gasteiger partial charge in [0.05, 0.1) is 0 Å². The highest BCUT2D eigenvalue weighted by molar-refractivity contribution is 5.38. The highest BCUT2D eigenvalue weighted by atomic mass is 14.1. The molecule has 0 unspecified atom stereocenters. The molecule has 0 saturated heterocycles. The molecule has 0 fully saturated rings. The van der Waals surface area contributed by atoms with Crippen molar-refractivity contribution in [1.29, 1.82) is 0 Å². The van der Waals surface area contributed by atoms with Gasteiger partial charge in [-0.1, -0.05) is 38.8 Å². The summed E-state index contributed by atoms with van der Waals surface area (Å²) in [5.41, 5.74) is 6.03. The van der Waals surface area contributed by atoms with Gasteiger partial charge in [-0.25, -0.2) is 0 Å². The van der Waals surface area contributed by atoms with Crippen LogP contribution in [-0.2, 0) is 12.8 Å². The van der Waals surface area contributed by atoms with E-state index in [9.17, 15) is 0 Å². The average molecular weight is 190 g/mol. The highest BCUT2D eigenvalue weighted by Gasteiger charge is 2.03. The van der Waals surface area contributed by atoms with Crippen LogP contribution in [0.2, 0.25) is 0 Å².